The third-order valence-electron chi connectivity index (χ3n) is 2.36. The standard InChI is InChI=1S/C13H20N4O/c1-10(2)18-8-4-3-7-16-13-6-5-11(15)12(9-14)17-13/h5-6,10H,3-4,7-8,15H2,1-2H3,(H,16,17). The lowest BCUT2D eigenvalue weighted by atomic mass is 10.3. The van der Waals surface area contributed by atoms with Crippen LogP contribution in [0.25, 0.3) is 0 Å². The number of nitrogens with zero attached hydrogens (tertiary/aromatic N) is 2. The van der Waals surface area contributed by atoms with Crippen molar-refractivity contribution in [1.82, 2.24) is 4.98 Å². The van der Waals surface area contributed by atoms with Crippen LogP contribution in [0.3, 0.4) is 0 Å². The number of rotatable bonds is 7. The van der Waals surface area contributed by atoms with Crippen LogP contribution >= 0.6 is 0 Å². The van der Waals surface area contributed by atoms with E-state index in [2.05, 4.69) is 10.3 Å². The second-order valence-corrected chi connectivity index (χ2v) is 4.30. The first kappa shape index (κ1) is 14.3. The Balaban J connectivity index is 2.26. The second kappa shape index (κ2) is 7.51. The first-order valence-corrected chi connectivity index (χ1v) is 6.15. The number of aromatic nitrogens is 1. The van der Waals surface area contributed by atoms with Crippen LogP contribution in [0.2, 0.25) is 0 Å². The van der Waals surface area contributed by atoms with Crippen molar-refractivity contribution in [3.8, 4) is 6.07 Å². The molecule has 1 heterocycles. The number of hydrogen-bond acceptors (Lipinski definition) is 5. The SMILES string of the molecule is CC(C)OCCCCNc1ccc(N)c(C#N)n1. The number of nitriles is 1. The lowest BCUT2D eigenvalue weighted by molar-refractivity contribution is 0.0765. The molecule has 0 fully saturated rings. The predicted molar refractivity (Wildman–Crippen MR) is 72.2 cm³/mol. The highest BCUT2D eigenvalue weighted by molar-refractivity contribution is 5.54. The van der Waals surface area contributed by atoms with E-state index in [0.717, 1.165) is 26.0 Å². The van der Waals surface area contributed by atoms with Gasteiger partial charge >= 0.3 is 0 Å². The average molecular weight is 248 g/mol. The van der Waals surface area contributed by atoms with Crippen molar-refractivity contribution in [3.05, 3.63) is 17.8 Å². The number of hydrogen-bond donors (Lipinski definition) is 2. The molecule has 1 aromatic heterocycles. The Morgan fingerprint density at radius 3 is 2.89 bits per heavy atom. The predicted octanol–water partition coefficient (Wildman–Crippen LogP) is 2.15. The molecule has 1 rings (SSSR count). The number of nitrogens with one attached hydrogen (secondary N) is 1. The molecule has 0 aliphatic heterocycles. The highest BCUT2D eigenvalue weighted by atomic mass is 16.5. The van der Waals surface area contributed by atoms with E-state index in [0.29, 0.717) is 11.5 Å². The van der Waals surface area contributed by atoms with Gasteiger partial charge in [0.2, 0.25) is 0 Å². The summed E-state index contributed by atoms with van der Waals surface area (Å²) in [5, 5.41) is 12.0. The summed E-state index contributed by atoms with van der Waals surface area (Å²) >= 11 is 0. The number of nitrogen functional groups attached to an aromatic ring is 1. The van der Waals surface area contributed by atoms with Crippen molar-refractivity contribution >= 4 is 11.5 Å². The maximum Gasteiger partial charge on any atom is 0.165 e. The van der Waals surface area contributed by atoms with Gasteiger partial charge in [-0.05, 0) is 38.8 Å². The first-order valence-electron chi connectivity index (χ1n) is 6.15. The molecule has 0 saturated heterocycles. The van der Waals surface area contributed by atoms with E-state index in [1.807, 2.05) is 19.9 Å². The number of unbranched alkanes of at least 4 members (excludes halogenated alkanes) is 1. The fraction of sp³-hybridized carbons (Fsp3) is 0.538. The number of anilines is 2. The Kier molecular flexibility index (Phi) is 5.95. The summed E-state index contributed by atoms with van der Waals surface area (Å²) in [4.78, 5) is 4.11. The molecule has 0 aliphatic carbocycles. The fourth-order valence-corrected chi connectivity index (χ4v) is 1.42. The van der Waals surface area contributed by atoms with Crippen molar-refractivity contribution in [2.45, 2.75) is 32.8 Å². The van der Waals surface area contributed by atoms with Crippen LogP contribution in [0, 0.1) is 11.3 Å². The third kappa shape index (κ3) is 5.02. The van der Waals surface area contributed by atoms with Crippen LogP contribution in [-0.4, -0.2) is 24.2 Å². The summed E-state index contributed by atoms with van der Waals surface area (Å²) in [6.45, 7) is 5.64. The zero-order chi connectivity index (χ0) is 13.4. The van der Waals surface area contributed by atoms with Gasteiger partial charge in [-0.1, -0.05) is 0 Å². The summed E-state index contributed by atoms with van der Waals surface area (Å²) in [5.41, 5.74) is 6.27. The number of nitrogens with two attached hydrogens (primary N) is 1. The molecule has 98 valence electrons. The molecule has 0 unspecified atom stereocenters. The average Bonchev–Trinajstić information content (AvgIpc) is 2.35. The normalized spacial score (nSPS) is 10.3. The van der Waals surface area contributed by atoms with Gasteiger partial charge in [0.15, 0.2) is 5.69 Å². The molecule has 5 heteroatoms. The summed E-state index contributed by atoms with van der Waals surface area (Å²) in [5.74, 6) is 0.686. The van der Waals surface area contributed by atoms with E-state index >= 15 is 0 Å². The minimum atomic E-state index is 0.267. The Hall–Kier alpha value is -1.80. The Morgan fingerprint density at radius 2 is 2.22 bits per heavy atom. The molecule has 5 nitrogen and oxygen atoms in total. The molecule has 0 atom stereocenters. The van der Waals surface area contributed by atoms with Crippen molar-refractivity contribution in [2.24, 2.45) is 0 Å². The quantitative estimate of drug-likeness (QED) is 0.722. The van der Waals surface area contributed by atoms with Gasteiger partial charge in [-0.2, -0.15) is 5.26 Å². The van der Waals surface area contributed by atoms with Crippen LogP contribution < -0.4 is 11.1 Å². The summed E-state index contributed by atoms with van der Waals surface area (Å²) < 4.78 is 5.44. The van der Waals surface area contributed by atoms with Gasteiger partial charge in [-0.15, -0.1) is 0 Å². The van der Waals surface area contributed by atoms with E-state index < -0.39 is 0 Å². The molecule has 1 aromatic rings. The zero-order valence-electron chi connectivity index (χ0n) is 10.9. The molecule has 0 aliphatic rings. The lowest BCUT2D eigenvalue weighted by Gasteiger charge is -2.08. The van der Waals surface area contributed by atoms with Crippen LogP contribution in [0.15, 0.2) is 12.1 Å². The van der Waals surface area contributed by atoms with Crippen LogP contribution in [0.5, 0.6) is 0 Å². The molecular weight excluding hydrogens is 228 g/mol. The lowest BCUT2D eigenvalue weighted by Crippen LogP contribution is -2.08. The summed E-state index contributed by atoms with van der Waals surface area (Å²) in [6.07, 6.45) is 2.29. The maximum absolute atomic E-state index is 8.80. The van der Waals surface area contributed by atoms with Crippen LogP contribution in [0.1, 0.15) is 32.4 Å². The van der Waals surface area contributed by atoms with Crippen molar-refractivity contribution in [1.29, 1.82) is 5.26 Å². The van der Waals surface area contributed by atoms with Gasteiger partial charge in [0.05, 0.1) is 11.8 Å². The van der Waals surface area contributed by atoms with E-state index in [9.17, 15) is 0 Å². The van der Waals surface area contributed by atoms with Crippen LogP contribution in [-0.2, 0) is 4.74 Å². The molecule has 0 aromatic carbocycles. The molecule has 0 spiro atoms. The molecule has 0 amide bonds. The van der Waals surface area contributed by atoms with Gasteiger partial charge in [0.25, 0.3) is 0 Å². The van der Waals surface area contributed by atoms with Gasteiger partial charge in [-0.3, -0.25) is 0 Å². The monoisotopic (exact) mass is 248 g/mol. The van der Waals surface area contributed by atoms with Gasteiger partial charge in [0.1, 0.15) is 11.9 Å². The minimum absolute atomic E-state index is 0.267. The van der Waals surface area contributed by atoms with Crippen molar-refractivity contribution < 1.29 is 4.74 Å². The van der Waals surface area contributed by atoms with E-state index in [1.165, 1.54) is 0 Å². The first-order chi connectivity index (χ1) is 8.63. The molecule has 0 saturated carbocycles. The second-order valence-electron chi connectivity index (χ2n) is 4.30. The van der Waals surface area contributed by atoms with Crippen molar-refractivity contribution in [3.63, 3.8) is 0 Å². The van der Waals surface area contributed by atoms with E-state index in [4.69, 9.17) is 15.7 Å². The van der Waals surface area contributed by atoms with Gasteiger partial charge < -0.3 is 15.8 Å². The van der Waals surface area contributed by atoms with E-state index in [-0.39, 0.29) is 11.8 Å². The summed E-state index contributed by atoms with van der Waals surface area (Å²) in [6, 6.07) is 5.43. The molecule has 0 radical (unpaired) electrons. The number of pyridine rings is 1. The minimum Gasteiger partial charge on any atom is -0.396 e. The Labute approximate surface area is 108 Å². The number of ether oxygens (including phenoxy) is 1. The highest BCUT2D eigenvalue weighted by Gasteiger charge is 2.01. The zero-order valence-corrected chi connectivity index (χ0v) is 10.9. The topological polar surface area (TPSA) is 84.0 Å². The smallest absolute Gasteiger partial charge is 0.165 e. The van der Waals surface area contributed by atoms with Gasteiger partial charge in [-0.25, -0.2) is 4.98 Å². The van der Waals surface area contributed by atoms with Gasteiger partial charge in [0, 0.05) is 13.2 Å². The van der Waals surface area contributed by atoms with Crippen LogP contribution in [0.4, 0.5) is 11.5 Å². The molecular formula is C13H20N4O. The fourth-order valence-electron chi connectivity index (χ4n) is 1.42. The molecule has 3 N–H and O–H groups in total. The Morgan fingerprint density at radius 1 is 1.44 bits per heavy atom. The molecule has 18 heavy (non-hydrogen) atoms. The highest BCUT2D eigenvalue weighted by Crippen LogP contribution is 2.12. The largest absolute Gasteiger partial charge is 0.396 e. The maximum atomic E-state index is 8.80. The third-order valence-corrected chi connectivity index (χ3v) is 2.36. The molecule has 0 bridgehead atoms. The Bertz CT molecular complexity index is 412. The summed E-state index contributed by atoms with van der Waals surface area (Å²) in [7, 11) is 0. The van der Waals surface area contributed by atoms with E-state index in [1.54, 1.807) is 12.1 Å². The van der Waals surface area contributed by atoms with Crippen molar-refractivity contribution in [2.75, 3.05) is 24.2 Å².